The van der Waals surface area contributed by atoms with Crippen LogP contribution in [0.4, 0.5) is 23.0 Å². The summed E-state index contributed by atoms with van der Waals surface area (Å²) in [6.45, 7) is 0. The van der Waals surface area contributed by atoms with E-state index in [0.717, 1.165) is 22.7 Å². The normalized spacial score (nSPS) is 10.7. The van der Waals surface area contributed by atoms with Crippen LogP contribution in [0.3, 0.4) is 0 Å². The van der Waals surface area contributed by atoms with Gasteiger partial charge in [-0.2, -0.15) is 0 Å². The van der Waals surface area contributed by atoms with Gasteiger partial charge in [0, 0.05) is 56.4 Å². The first-order valence-electron chi connectivity index (χ1n) is 10.5. The van der Waals surface area contributed by atoms with Crippen LogP contribution in [0.5, 0.6) is 0 Å². The van der Waals surface area contributed by atoms with Gasteiger partial charge in [0.1, 0.15) is 0 Å². The molecule has 168 valence electrons. The van der Waals surface area contributed by atoms with Gasteiger partial charge >= 0.3 is 0 Å². The molecular formula is C25H26N6O2. The largest absolute Gasteiger partial charge is 0.378 e. The summed E-state index contributed by atoms with van der Waals surface area (Å²) in [4.78, 5) is 36.7. The standard InChI is InChI=1S/C25H26N6O2/c1-30(2)20-12-7-17(8-13-20)23(32)26-18-9-5-16(6-10-18)24(33)27-19-11-14-21-22(15-19)29-25(28-21)31(3)4/h5-15H,1-4H3,(H,26,32)(H,27,33)(H,28,29). The summed E-state index contributed by atoms with van der Waals surface area (Å²) in [6, 6.07) is 19.7. The number of amides is 2. The minimum absolute atomic E-state index is 0.206. The van der Waals surface area contributed by atoms with Crippen LogP contribution in [-0.4, -0.2) is 50.0 Å². The third kappa shape index (κ3) is 4.95. The Labute approximate surface area is 192 Å². The molecule has 0 saturated heterocycles. The minimum atomic E-state index is -0.237. The molecule has 8 heteroatoms. The summed E-state index contributed by atoms with van der Waals surface area (Å²) >= 11 is 0. The number of hydrogen-bond acceptors (Lipinski definition) is 5. The Morgan fingerprint density at radius 1 is 0.727 bits per heavy atom. The van der Waals surface area contributed by atoms with E-state index in [1.54, 1.807) is 36.4 Å². The zero-order valence-electron chi connectivity index (χ0n) is 19.0. The van der Waals surface area contributed by atoms with Crippen molar-refractivity contribution in [1.82, 2.24) is 9.97 Å². The lowest BCUT2D eigenvalue weighted by molar-refractivity contribution is 0.102. The van der Waals surface area contributed by atoms with Crippen molar-refractivity contribution >= 4 is 45.9 Å². The molecule has 0 bridgehead atoms. The van der Waals surface area contributed by atoms with Gasteiger partial charge in [0.05, 0.1) is 11.0 Å². The molecule has 0 unspecified atom stereocenters. The number of carbonyl (C=O) groups excluding carboxylic acids is 2. The molecule has 0 aliphatic rings. The minimum Gasteiger partial charge on any atom is -0.378 e. The lowest BCUT2D eigenvalue weighted by Gasteiger charge is -2.12. The van der Waals surface area contributed by atoms with E-state index in [-0.39, 0.29) is 11.8 Å². The van der Waals surface area contributed by atoms with Crippen LogP contribution in [-0.2, 0) is 0 Å². The Bertz CT molecular complexity index is 1290. The lowest BCUT2D eigenvalue weighted by atomic mass is 10.1. The van der Waals surface area contributed by atoms with Crippen LogP contribution in [0.1, 0.15) is 20.7 Å². The van der Waals surface area contributed by atoms with Gasteiger partial charge in [0.15, 0.2) is 0 Å². The van der Waals surface area contributed by atoms with E-state index in [0.29, 0.717) is 22.5 Å². The van der Waals surface area contributed by atoms with Crippen LogP contribution in [0, 0.1) is 0 Å². The number of carbonyl (C=O) groups is 2. The van der Waals surface area contributed by atoms with Crippen LogP contribution in [0.2, 0.25) is 0 Å². The van der Waals surface area contributed by atoms with E-state index < -0.39 is 0 Å². The topological polar surface area (TPSA) is 93.4 Å². The van der Waals surface area contributed by atoms with Crippen molar-refractivity contribution in [3.05, 3.63) is 77.9 Å². The third-order valence-corrected chi connectivity index (χ3v) is 5.20. The molecule has 1 aromatic heterocycles. The molecule has 0 spiro atoms. The molecule has 8 nitrogen and oxygen atoms in total. The molecule has 3 aromatic carbocycles. The Hall–Kier alpha value is -4.33. The van der Waals surface area contributed by atoms with E-state index in [9.17, 15) is 9.59 Å². The first kappa shape index (κ1) is 21.9. The highest BCUT2D eigenvalue weighted by Crippen LogP contribution is 2.21. The second-order valence-corrected chi connectivity index (χ2v) is 8.11. The maximum Gasteiger partial charge on any atom is 0.255 e. The molecule has 2 amide bonds. The first-order chi connectivity index (χ1) is 15.8. The number of imidazole rings is 1. The van der Waals surface area contributed by atoms with Crippen LogP contribution >= 0.6 is 0 Å². The number of fused-ring (bicyclic) bond motifs is 1. The Morgan fingerprint density at radius 3 is 1.85 bits per heavy atom. The molecule has 0 atom stereocenters. The van der Waals surface area contributed by atoms with Crippen LogP contribution < -0.4 is 20.4 Å². The number of nitrogens with zero attached hydrogens (tertiary/aromatic N) is 3. The average Bonchev–Trinajstić information content (AvgIpc) is 3.23. The molecule has 4 rings (SSSR count). The van der Waals surface area contributed by atoms with E-state index in [2.05, 4.69) is 20.6 Å². The number of benzene rings is 3. The second kappa shape index (κ2) is 9.04. The van der Waals surface area contributed by atoms with Gasteiger partial charge < -0.3 is 25.4 Å². The molecule has 0 fully saturated rings. The maximum atomic E-state index is 12.7. The monoisotopic (exact) mass is 442 g/mol. The van der Waals surface area contributed by atoms with E-state index in [1.807, 2.05) is 68.3 Å². The van der Waals surface area contributed by atoms with Crippen molar-refractivity contribution in [2.45, 2.75) is 0 Å². The van der Waals surface area contributed by atoms with Crippen molar-refractivity contribution in [3.8, 4) is 0 Å². The zero-order chi connectivity index (χ0) is 23.5. The highest BCUT2D eigenvalue weighted by molar-refractivity contribution is 6.06. The first-order valence-corrected chi connectivity index (χ1v) is 10.5. The fourth-order valence-electron chi connectivity index (χ4n) is 3.31. The van der Waals surface area contributed by atoms with Gasteiger partial charge in [-0.15, -0.1) is 0 Å². The van der Waals surface area contributed by atoms with Gasteiger partial charge in [-0.05, 0) is 66.7 Å². The predicted molar refractivity (Wildman–Crippen MR) is 134 cm³/mol. The van der Waals surface area contributed by atoms with Gasteiger partial charge in [-0.1, -0.05) is 0 Å². The van der Waals surface area contributed by atoms with Gasteiger partial charge in [-0.25, -0.2) is 4.98 Å². The fourth-order valence-corrected chi connectivity index (χ4v) is 3.31. The summed E-state index contributed by atoms with van der Waals surface area (Å²) in [5.74, 6) is 0.307. The fraction of sp³-hybridized carbons (Fsp3) is 0.160. The number of anilines is 4. The summed E-state index contributed by atoms with van der Waals surface area (Å²) in [5.41, 5.74) is 5.02. The van der Waals surface area contributed by atoms with Gasteiger partial charge in [-0.3, -0.25) is 9.59 Å². The Morgan fingerprint density at radius 2 is 1.27 bits per heavy atom. The molecule has 0 aliphatic carbocycles. The van der Waals surface area contributed by atoms with Gasteiger partial charge in [0.2, 0.25) is 5.95 Å². The summed E-state index contributed by atoms with van der Waals surface area (Å²) < 4.78 is 0. The number of hydrogen-bond donors (Lipinski definition) is 3. The number of aromatic amines is 1. The molecule has 0 radical (unpaired) electrons. The molecular weight excluding hydrogens is 416 g/mol. The second-order valence-electron chi connectivity index (χ2n) is 8.11. The number of nitrogens with one attached hydrogen (secondary N) is 3. The highest BCUT2D eigenvalue weighted by atomic mass is 16.2. The summed E-state index contributed by atoms with van der Waals surface area (Å²) in [5, 5.41) is 5.75. The van der Waals surface area contributed by atoms with E-state index in [4.69, 9.17) is 0 Å². The van der Waals surface area contributed by atoms with Crippen LogP contribution in [0.15, 0.2) is 66.7 Å². The number of rotatable bonds is 6. The summed E-state index contributed by atoms with van der Waals surface area (Å²) in [6.07, 6.45) is 0. The smallest absolute Gasteiger partial charge is 0.255 e. The predicted octanol–water partition coefficient (Wildman–Crippen LogP) is 4.20. The Kier molecular flexibility index (Phi) is 5.99. The average molecular weight is 443 g/mol. The third-order valence-electron chi connectivity index (χ3n) is 5.20. The molecule has 1 heterocycles. The van der Waals surface area contributed by atoms with Gasteiger partial charge in [0.25, 0.3) is 11.8 Å². The number of H-pyrrole nitrogens is 1. The van der Waals surface area contributed by atoms with E-state index >= 15 is 0 Å². The van der Waals surface area contributed by atoms with E-state index in [1.165, 1.54) is 0 Å². The van der Waals surface area contributed by atoms with Crippen molar-refractivity contribution in [2.24, 2.45) is 0 Å². The van der Waals surface area contributed by atoms with Crippen molar-refractivity contribution in [1.29, 1.82) is 0 Å². The molecule has 3 N–H and O–H groups in total. The van der Waals surface area contributed by atoms with Crippen molar-refractivity contribution in [2.75, 3.05) is 48.6 Å². The van der Waals surface area contributed by atoms with Crippen molar-refractivity contribution < 1.29 is 9.59 Å². The summed E-state index contributed by atoms with van der Waals surface area (Å²) in [7, 11) is 7.72. The lowest BCUT2D eigenvalue weighted by Crippen LogP contribution is -2.14. The zero-order valence-corrected chi connectivity index (χ0v) is 19.0. The molecule has 0 saturated carbocycles. The Balaban J connectivity index is 1.40. The maximum absolute atomic E-state index is 12.7. The quantitative estimate of drug-likeness (QED) is 0.416. The molecule has 33 heavy (non-hydrogen) atoms. The molecule has 0 aliphatic heterocycles. The van der Waals surface area contributed by atoms with Crippen molar-refractivity contribution in [3.63, 3.8) is 0 Å². The SMILES string of the molecule is CN(C)c1ccc(C(=O)Nc2ccc(C(=O)Nc3ccc4nc(N(C)C)[nH]c4c3)cc2)cc1. The highest BCUT2D eigenvalue weighted by Gasteiger charge is 2.11. The molecule has 4 aromatic rings. The van der Waals surface area contributed by atoms with Crippen LogP contribution in [0.25, 0.3) is 11.0 Å². The number of aromatic nitrogens is 2.